The Morgan fingerprint density at radius 2 is 1.83 bits per heavy atom. The lowest BCUT2D eigenvalue weighted by Gasteiger charge is -2.27. The predicted molar refractivity (Wildman–Crippen MR) is 59.6 cm³/mol. The number of rotatable bonds is 2. The lowest BCUT2D eigenvalue weighted by Crippen LogP contribution is -2.38. The van der Waals surface area contributed by atoms with Gasteiger partial charge in [0.2, 0.25) is 11.8 Å². The molecule has 100 valence electrons. The van der Waals surface area contributed by atoms with Crippen LogP contribution in [0.25, 0.3) is 0 Å². The molecule has 0 aliphatic carbocycles. The summed E-state index contributed by atoms with van der Waals surface area (Å²) < 4.78 is 43.1. The summed E-state index contributed by atoms with van der Waals surface area (Å²) in [5.74, 6) is -1.09. The lowest BCUT2D eigenvalue weighted by molar-refractivity contribution is -0.145. The van der Waals surface area contributed by atoms with Crippen molar-refractivity contribution < 1.29 is 17.9 Å². The Balaban J connectivity index is 2.34. The molecule has 0 bridgehead atoms. The summed E-state index contributed by atoms with van der Waals surface area (Å²) in [6, 6.07) is 0. The van der Waals surface area contributed by atoms with Crippen LogP contribution in [0.2, 0.25) is 0 Å². The zero-order chi connectivity index (χ0) is 13.2. The van der Waals surface area contributed by atoms with E-state index in [4.69, 9.17) is 4.74 Å². The number of ether oxygens (including phenoxy) is 1. The summed E-state index contributed by atoms with van der Waals surface area (Å²) in [6.45, 7) is 1.88. The minimum atomic E-state index is -4.56. The second-order valence-electron chi connectivity index (χ2n) is 3.54. The Morgan fingerprint density at radius 1 is 1.17 bits per heavy atom. The summed E-state index contributed by atoms with van der Waals surface area (Å²) in [6.07, 6.45) is -2.94. The van der Waals surface area contributed by atoms with Crippen LogP contribution in [-0.4, -0.2) is 47.5 Å². The van der Waals surface area contributed by atoms with Crippen LogP contribution in [0.4, 0.5) is 19.1 Å². The molecule has 0 spiro atoms. The Morgan fingerprint density at radius 3 is 2.39 bits per heavy atom. The van der Waals surface area contributed by atoms with Crippen LogP contribution in [0.1, 0.15) is 5.82 Å². The van der Waals surface area contributed by atoms with Crippen LogP contribution in [0.5, 0.6) is 0 Å². The molecule has 1 aromatic rings. The third-order valence-corrected chi connectivity index (χ3v) is 2.88. The van der Waals surface area contributed by atoms with Crippen LogP contribution in [0, 0.1) is 0 Å². The summed E-state index contributed by atoms with van der Waals surface area (Å²) in [7, 11) is 0. The van der Waals surface area contributed by atoms with E-state index in [1.807, 2.05) is 0 Å². The average molecular weight is 280 g/mol. The van der Waals surface area contributed by atoms with E-state index in [-0.39, 0.29) is 11.1 Å². The predicted octanol–water partition coefficient (Wildman–Crippen LogP) is 1.45. The number of anilines is 1. The Bertz CT molecular complexity index is 423. The molecule has 1 aliphatic rings. The van der Waals surface area contributed by atoms with Gasteiger partial charge in [-0.15, -0.1) is 0 Å². The highest BCUT2D eigenvalue weighted by atomic mass is 32.2. The molecule has 9 heteroatoms. The van der Waals surface area contributed by atoms with E-state index in [0.29, 0.717) is 26.3 Å². The average Bonchev–Trinajstić information content (AvgIpc) is 2.38. The van der Waals surface area contributed by atoms with Crippen LogP contribution < -0.4 is 4.90 Å². The van der Waals surface area contributed by atoms with Crippen LogP contribution >= 0.6 is 11.8 Å². The summed E-state index contributed by atoms with van der Waals surface area (Å²) in [5, 5.41) is 0.0683. The molecule has 0 saturated carbocycles. The van der Waals surface area contributed by atoms with Gasteiger partial charge in [0.25, 0.3) is 0 Å². The van der Waals surface area contributed by atoms with Gasteiger partial charge >= 0.3 is 6.18 Å². The van der Waals surface area contributed by atoms with Crippen LogP contribution in [0.3, 0.4) is 0 Å². The summed E-state index contributed by atoms with van der Waals surface area (Å²) in [4.78, 5) is 12.5. The fraction of sp³-hybridized carbons (Fsp3) is 0.667. The van der Waals surface area contributed by atoms with Crippen molar-refractivity contribution in [2.75, 3.05) is 37.5 Å². The Hall–Kier alpha value is -1.09. The highest BCUT2D eigenvalue weighted by Gasteiger charge is 2.36. The normalized spacial score (nSPS) is 17.0. The Kier molecular flexibility index (Phi) is 3.91. The van der Waals surface area contributed by atoms with E-state index >= 15 is 0 Å². The highest BCUT2D eigenvalue weighted by Crippen LogP contribution is 2.28. The third kappa shape index (κ3) is 3.02. The second-order valence-corrected chi connectivity index (χ2v) is 4.32. The van der Waals surface area contributed by atoms with E-state index in [0.717, 1.165) is 11.8 Å². The van der Waals surface area contributed by atoms with E-state index in [9.17, 15) is 13.2 Å². The van der Waals surface area contributed by atoms with Gasteiger partial charge in [-0.1, -0.05) is 11.8 Å². The van der Waals surface area contributed by atoms with Gasteiger partial charge in [-0.25, -0.2) is 0 Å². The van der Waals surface area contributed by atoms with Gasteiger partial charge in [0.05, 0.1) is 13.2 Å². The lowest BCUT2D eigenvalue weighted by atomic mass is 10.4. The van der Waals surface area contributed by atoms with E-state index in [2.05, 4.69) is 15.0 Å². The van der Waals surface area contributed by atoms with Gasteiger partial charge in [0.1, 0.15) is 0 Å². The SMILES string of the molecule is CSc1nc(N2CCOCC2)nc(C(F)(F)F)n1. The van der Waals surface area contributed by atoms with Gasteiger partial charge in [-0.05, 0) is 6.26 Å². The van der Waals surface area contributed by atoms with Crippen molar-refractivity contribution in [2.24, 2.45) is 0 Å². The van der Waals surface area contributed by atoms with E-state index in [1.165, 1.54) is 0 Å². The third-order valence-electron chi connectivity index (χ3n) is 2.33. The maximum atomic E-state index is 12.6. The maximum absolute atomic E-state index is 12.6. The molecule has 1 fully saturated rings. The minimum absolute atomic E-state index is 0.0602. The molecule has 5 nitrogen and oxygen atoms in total. The topological polar surface area (TPSA) is 51.1 Å². The number of hydrogen-bond donors (Lipinski definition) is 0. The first-order chi connectivity index (χ1) is 8.50. The number of halogens is 3. The van der Waals surface area contributed by atoms with Gasteiger partial charge in [-0.2, -0.15) is 28.1 Å². The van der Waals surface area contributed by atoms with Crippen molar-refractivity contribution in [3.8, 4) is 0 Å². The minimum Gasteiger partial charge on any atom is -0.378 e. The van der Waals surface area contributed by atoms with Crippen molar-refractivity contribution in [2.45, 2.75) is 11.3 Å². The van der Waals surface area contributed by atoms with Gasteiger partial charge in [0, 0.05) is 13.1 Å². The molecule has 0 N–H and O–H groups in total. The molecule has 1 saturated heterocycles. The fourth-order valence-electron chi connectivity index (χ4n) is 1.47. The molecule has 1 aliphatic heterocycles. The summed E-state index contributed by atoms with van der Waals surface area (Å²) in [5.41, 5.74) is 0. The number of thioether (sulfide) groups is 1. The first-order valence-corrected chi connectivity index (χ1v) is 6.43. The monoisotopic (exact) mass is 280 g/mol. The number of nitrogens with zero attached hydrogens (tertiary/aromatic N) is 4. The number of morpholine rings is 1. The molecule has 0 aromatic carbocycles. The Labute approximate surface area is 106 Å². The molecule has 0 radical (unpaired) electrons. The molecule has 18 heavy (non-hydrogen) atoms. The quantitative estimate of drug-likeness (QED) is 0.764. The standard InChI is InChI=1S/C9H11F3N4OS/c1-18-8-14-6(9(10,11)12)13-7(15-8)16-2-4-17-5-3-16/h2-5H2,1H3. The zero-order valence-corrected chi connectivity index (χ0v) is 10.4. The van der Waals surface area contributed by atoms with Crippen molar-refractivity contribution >= 4 is 17.7 Å². The highest BCUT2D eigenvalue weighted by molar-refractivity contribution is 7.98. The number of alkyl halides is 3. The molecule has 0 amide bonds. The van der Waals surface area contributed by atoms with Crippen molar-refractivity contribution in [3.63, 3.8) is 0 Å². The van der Waals surface area contributed by atoms with Crippen molar-refractivity contribution in [3.05, 3.63) is 5.82 Å². The summed E-state index contributed by atoms with van der Waals surface area (Å²) >= 11 is 1.06. The second kappa shape index (κ2) is 5.27. The first-order valence-electron chi connectivity index (χ1n) is 5.20. The first kappa shape index (κ1) is 13.3. The van der Waals surface area contributed by atoms with Gasteiger partial charge in [-0.3, -0.25) is 0 Å². The molecule has 0 atom stereocenters. The zero-order valence-electron chi connectivity index (χ0n) is 9.57. The smallest absolute Gasteiger partial charge is 0.378 e. The van der Waals surface area contributed by atoms with Crippen LogP contribution in [-0.2, 0) is 10.9 Å². The van der Waals surface area contributed by atoms with E-state index < -0.39 is 12.0 Å². The molecule has 0 unspecified atom stereocenters. The van der Waals surface area contributed by atoms with Gasteiger partial charge in [0.15, 0.2) is 5.16 Å². The number of hydrogen-bond acceptors (Lipinski definition) is 6. The van der Waals surface area contributed by atoms with Crippen molar-refractivity contribution in [1.29, 1.82) is 0 Å². The largest absolute Gasteiger partial charge is 0.451 e. The molecule has 2 heterocycles. The van der Waals surface area contributed by atoms with E-state index in [1.54, 1.807) is 11.2 Å². The maximum Gasteiger partial charge on any atom is 0.451 e. The fourth-order valence-corrected chi connectivity index (χ4v) is 1.82. The molecular formula is C9H11F3N4OS. The molecule has 2 rings (SSSR count). The van der Waals surface area contributed by atoms with Crippen molar-refractivity contribution in [1.82, 2.24) is 15.0 Å². The number of aromatic nitrogens is 3. The molecular weight excluding hydrogens is 269 g/mol. The van der Waals surface area contributed by atoms with Gasteiger partial charge < -0.3 is 9.64 Å². The molecule has 1 aromatic heterocycles. The van der Waals surface area contributed by atoms with Crippen LogP contribution in [0.15, 0.2) is 5.16 Å².